The molecular formula is C5H10N2O. The molecule has 0 atom stereocenters. The molecule has 0 aliphatic heterocycles. The molecule has 0 saturated carbocycles. The third kappa shape index (κ3) is 2.23. The van der Waals surface area contributed by atoms with Gasteiger partial charge in [-0.3, -0.25) is 0 Å². The zero-order chi connectivity index (χ0) is 6.41. The summed E-state index contributed by atoms with van der Waals surface area (Å²) in [6.07, 6.45) is 3.48. The van der Waals surface area contributed by atoms with Gasteiger partial charge in [0.25, 0.3) is 0 Å². The second-order valence-corrected chi connectivity index (χ2v) is 1.17. The van der Waals surface area contributed by atoms with Crippen molar-refractivity contribution in [2.45, 2.75) is 6.92 Å². The minimum absolute atomic E-state index is 0.438. The van der Waals surface area contributed by atoms with Gasteiger partial charge in [-0.05, 0) is 13.0 Å². The Labute approximate surface area is 48.8 Å². The highest BCUT2D eigenvalue weighted by Gasteiger charge is 1.83. The highest BCUT2D eigenvalue weighted by Crippen LogP contribution is 1.78. The van der Waals surface area contributed by atoms with E-state index in [0.29, 0.717) is 5.90 Å². The van der Waals surface area contributed by atoms with Crippen LogP contribution in [0.25, 0.3) is 0 Å². The van der Waals surface area contributed by atoms with Gasteiger partial charge in [0, 0.05) is 0 Å². The van der Waals surface area contributed by atoms with Gasteiger partial charge < -0.3 is 10.6 Å². The van der Waals surface area contributed by atoms with E-state index in [-0.39, 0.29) is 0 Å². The Morgan fingerprint density at radius 2 is 2.38 bits per heavy atom. The van der Waals surface area contributed by atoms with Gasteiger partial charge in [-0.1, -0.05) is 6.08 Å². The van der Waals surface area contributed by atoms with Crippen molar-refractivity contribution in [1.82, 2.24) is 0 Å². The maximum atomic E-state index is 4.88. The van der Waals surface area contributed by atoms with Crippen LogP contribution in [0.4, 0.5) is 0 Å². The molecule has 0 radical (unpaired) electrons. The van der Waals surface area contributed by atoms with Crippen molar-refractivity contribution in [1.29, 1.82) is 0 Å². The number of methoxy groups -OCH3 is 1. The summed E-state index contributed by atoms with van der Waals surface area (Å²) in [5, 5.41) is 3.30. The van der Waals surface area contributed by atoms with E-state index < -0.39 is 0 Å². The normalized spacial score (nSPS) is 12.5. The molecule has 46 valence electrons. The second-order valence-electron chi connectivity index (χ2n) is 1.17. The number of allylic oxidation sites excluding steroid dienone is 1. The molecule has 0 aromatic rings. The SMILES string of the molecule is C/C=C/C(=N\N)OC. The molecule has 2 N–H and O–H groups in total. The third-order valence-corrected chi connectivity index (χ3v) is 0.646. The standard InChI is InChI=1S/C5H10N2O/c1-3-4-5(7-6)8-2/h3-4H,6H2,1-2H3/b4-3+,7-5+. The zero-order valence-electron chi connectivity index (χ0n) is 5.09. The van der Waals surface area contributed by atoms with Crippen molar-refractivity contribution in [3.63, 3.8) is 0 Å². The number of nitrogens with two attached hydrogens (primary N) is 1. The van der Waals surface area contributed by atoms with Gasteiger partial charge in [-0.15, -0.1) is 5.10 Å². The Hall–Kier alpha value is -0.990. The molecule has 0 spiro atoms. The van der Waals surface area contributed by atoms with Crippen LogP contribution in [0.1, 0.15) is 6.92 Å². The van der Waals surface area contributed by atoms with Crippen LogP contribution in [-0.2, 0) is 4.74 Å². The van der Waals surface area contributed by atoms with Crippen molar-refractivity contribution >= 4 is 5.90 Å². The van der Waals surface area contributed by atoms with E-state index >= 15 is 0 Å². The topological polar surface area (TPSA) is 47.6 Å². The monoisotopic (exact) mass is 114 g/mol. The van der Waals surface area contributed by atoms with Crippen LogP contribution >= 0.6 is 0 Å². The predicted molar refractivity (Wildman–Crippen MR) is 33.4 cm³/mol. The number of ether oxygens (including phenoxy) is 1. The van der Waals surface area contributed by atoms with Crippen LogP contribution in [0.3, 0.4) is 0 Å². The van der Waals surface area contributed by atoms with E-state index in [4.69, 9.17) is 5.84 Å². The molecule has 0 rings (SSSR count). The molecule has 0 amide bonds. The maximum Gasteiger partial charge on any atom is 0.229 e. The molecule has 0 bridgehead atoms. The van der Waals surface area contributed by atoms with Gasteiger partial charge >= 0.3 is 0 Å². The minimum atomic E-state index is 0.438. The second kappa shape index (κ2) is 4.18. The molecule has 0 unspecified atom stereocenters. The van der Waals surface area contributed by atoms with Gasteiger partial charge in [0.2, 0.25) is 5.90 Å². The predicted octanol–water partition coefficient (Wildman–Crippen LogP) is 0.481. The quantitative estimate of drug-likeness (QED) is 0.233. The van der Waals surface area contributed by atoms with Crippen molar-refractivity contribution in [2.75, 3.05) is 7.11 Å². The molecule has 3 heteroatoms. The van der Waals surface area contributed by atoms with Gasteiger partial charge in [0.1, 0.15) is 0 Å². The van der Waals surface area contributed by atoms with Crippen LogP contribution in [0, 0.1) is 0 Å². The molecule has 0 aromatic heterocycles. The molecule has 3 nitrogen and oxygen atoms in total. The van der Waals surface area contributed by atoms with E-state index in [1.807, 2.05) is 6.92 Å². The van der Waals surface area contributed by atoms with Crippen LogP contribution in [0.5, 0.6) is 0 Å². The average molecular weight is 114 g/mol. The van der Waals surface area contributed by atoms with Gasteiger partial charge in [0.05, 0.1) is 7.11 Å². The number of hydrogen-bond acceptors (Lipinski definition) is 3. The van der Waals surface area contributed by atoms with E-state index in [9.17, 15) is 0 Å². The fourth-order valence-electron chi connectivity index (χ4n) is 0.306. The minimum Gasteiger partial charge on any atom is -0.480 e. The molecule has 0 aliphatic carbocycles. The lowest BCUT2D eigenvalue weighted by molar-refractivity contribution is 0.405. The van der Waals surface area contributed by atoms with Crippen molar-refractivity contribution in [2.24, 2.45) is 10.9 Å². The molecule has 0 aliphatic rings. The first-order chi connectivity index (χ1) is 3.85. The Morgan fingerprint density at radius 3 is 2.50 bits per heavy atom. The van der Waals surface area contributed by atoms with E-state index in [2.05, 4.69) is 9.84 Å². The van der Waals surface area contributed by atoms with Gasteiger partial charge in [0.15, 0.2) is 0 Å². The Bertz CT molecular complexity index is 104. The number of rotatable bonds is 1. The summed E-state index contributed by atoms with van der Waals surface area (Å²) in [4.78, 5) is 0. The summed E-state index contributed by atoms with van der Waals surface area (Å²) in [6.45, 7) is 1.87. The highest BCUT2D eigenvalue weighted by atomic mass is 16.5. The number of hydrazone groups is 1. The van der Waals surface area contributed by atoms with Crippen molar-refractivity contribution in [3.05, 3.63) is 12.2 Å². The van der Waals surface area contributed by atoms with Gasteiger partial charge in [-0.25, -0.2) is 0 Å². The third-order valence-electron chi connectivity index (χ3n) is 0.646. The molecule has 0 fully saturated rings. The van der Waals surface area contributed by atoms with E-state index in [1.54, 1.807) is 12.2 Å². The molecule has 0 aromatic carbocycles. The fourth-order valence-corrected chi connectivity index (χ4v) is 0.306. The molecule has 0 heterocycles. The summed E-state index contributed by atoms with van der Waals surface area (Å²) in [7, 11) is 1.52. The van der Waals surface area contributed by atoms with E-state index in [1.165, 1.54) is 7.11 Å². The van der Waals surface area contributed by atoms with Crippen molar-refractivity contribution < 1.29 is 4.74 Å². The van der Waals surface area contributed by atoms with Crippen LogP contribution in [-0.4, -0.2) is 13.0 Å². The fraction of sp³-hybridized carbons (Fsp3) is 0.400. The number of nitrogens with zero attached hydrogens (tertiary/aromatic N) is 1. The summed E-state index contributed by atoms with van der Waals surface area (Å²) in [5.74, 6) is 5.32. The Morgan fingerprint density at radius 1 is 1.75 bits per heavy atom. The summed E-state index contributed by atoms with van der Waals surface area (Å²) in [5.41, 5.74) is 0. The largest absolute Gasteiger partial charge is 0.480 e. The molecule has 8 heavy (non-hydrogen) atoms. The summed E-state index contributed by atoms with van der Waals surface area (Å²) < 4.78 is 4.68. The zero-order valence-corrected chi connectivity index (χ0v) is 5.09. The summed E-state index contributed by atoms with van der Waals surface area (Å²) in [6, 6.07) is 0. The first-order valence-corrected chi connectivity index (χ1v) is 2.29. The lowest BCUT2D eigenvalue weighted by Gasteiger charge is -1.92. The smallest absolute Gasteiger partial charge is 0.229 e. The Kier molecular flexibility index (Phi) is 3.66. The molecular weight excluding hydrogens is 104 g/mol. The highest BCUT2D eigenvalue weighted by molar-refractivity contribution is 5.87. The van der Waals surface area contributed by atoms with Crippen molar-refractivity contribution in [3.8, 4) is 0 Å². The first kappa shape index (κ1) is 7.01. The maximum absolute atomic E-state index is 4.88. The lowest BCUT2D eigenvalue weighted by atomic mass is 10.5. The van der Waals surface area contributed by atoms with Gasteiger partial charge in [-0.2, -0.15) is 0 Å². The summed E-state index contributed by atoms with van der Waals surface area (Å²) >= 11 is 0. The van der Waals surface area contributed by atoms with E-state index in [0.717, 1.165) is 0 Å². The number of hydrogen-bond donors (Lipinski definition) is 1. The average Bonchev–Trinajstić information content (AvgIpc) is 1.83. The molecule has 0 saturated heterocycles. The Balaban J connectivity index is 3.72. The first-order valence-electron chi connectivity index (χ1n) is 2.29. The van der Waals surface area contributed by atoms with Crippen LogP contribution < -0.4 is 5.84 Å². The van der Waals surface area contributed by atoms with Crippen LogP contribution in [0.2, 0.25) is 0 Å². The van der Waals surface area contributed by atoms with Crippen LogP contribution in [0.15, 0.2) is 17.3 Å². The lowest BCUT2D eigenvalue weighted by Crippen LogP contribution is -1.99.